The Morgan fingerprint density at radius 1 is 1.29 bits per heavy atom. The molecule has 21 heavy (non-hydrogen) atoms. The van der Waals surface area contributed by atoms with E-state index >= 15 is 0 Å². The van der Waals surface area contributed by atoms with Crippen molar-refractivity contribution in [3.05, 3.63) is 35.9 Å². The molecule has 1 rings (SSSR count). The highest BCUT2D eigenvalue weighted by Crippen LogP contribution is 2.25. The average molecular weight is 293 g/mol. The highest BCUT2D eigenvalue weighted by Gasteiger charge is 2.26. The first-order valence-electron chi connectivity index (χ1n) is 6.66. The molecule has 0 N–H and O–H groups in total. The first-order valence-corrected chi connectivity index (χ1v) is 6.66. The van der Waals surface area contributed by atoms with E-state index in [2.05, 4.69) is 4.74 Å². The Morgan fingerprint density at radius 3 is 2.48 bits per heavy atom. The van der Waals surface area contributed by atoms with E-state index < -0.39 is 18.1 Å². The molecule has 1 unspecified atom stereocenters. The van der Waals surface area contributed by atoms with Crippen LogP contribution in [-0.4, -0.2) is 37.1 Å². The van der Waals surface area contributed by atoms with Crippen LogP contribution in [0.4, 0.5) is 4.79 Å². The molecule has 0 radical (unpaired) electrons. The van der Waals surface area contributed by atoms with E-state index in [1.807, 2.05) is 6.07 Å². The fourth-order valence-electron chi connectivity index (χ4n) is 1.94. The lowest BCUT2D eigenvalue weighted by molar-refractivity contribution is -0.141. The summed E-state index contributed by atoms with van der Waals surface area (Å²) >= 11 is 0. The van der Waals surface area contributed by atoms with Crippen molar-refractivity contribution < 1.29 is 23.9 Å². The Kier molecular flexibility index (Phi) is 6.94. The quantitative estimate of drug-likeness (QED) is 0.569. The summed E-state index contributed by atoms with van der Waals surface area (Å²) in [6.45, 7) is 1.83. The van der Waals surface area contributed by atoms with E-state index in [4.69, 9.17) is 4.74 Å². The first kappa shape index (κ1) is 16.7. The highest BCUT2D eigenvalue weighted by atomic mass is 16.6. The lowest BCUT2D eigenvalue weighted by atomic mass is 10.0. The summed E-state index contributed by atoms with van der Waals surface area (Å²) in [5, 5.41) is 0. The zero-order valence-electron chi connectivity index (χ0n) is 12.2. The van der Waals surface area contributed by atoms with Crippen LogP contribution in [0.2, 0.25) is 0 Å². The van der Waals surface area contributed by atoms with E-state index in [-0.39, 0.29) is 19.4 Å². The molecule has 1 aromatic rings. The van der Waals surface area contributed by atoms with Crippen molar-refractivity contribution in [2.24, 2.45) is 0 Å². The summed E-state index contributed by atoms with van der Waals surface area (Å²) in [6.07, 6.45) is 0.0623. The van der Waals surface area contributed by atoms with Crippen molar-refractivity contribution in [2.45, 2.75) is 25.8 Å². The third kappa shape index (κ3) is 4.91. The minimum atomic E-state index is -0.730. The van der Waals surface area contributed by atoms with E-state index in [0.29, 0.717) is 6.41 Å². The van der Waals surface area contributed by atoms with Gasteiger partial charge in [-0.1, -0.05) is 30.3 Å². The zero-order valence-corrected chi connectivity index (χ0v) is 12.2. The van der Waals surface area contributed by atoms with Crippen LogP contribution >= 0.6 is 0 Å². The molecular formula is C15H19NO5. The van der Waals surface area contributed by atoms with Gasteiger partial charge in [-0.3, -0.25) is 9.59 Å². The summed E-state index contributed by atoms with van der Waals surface area (Å²) in [4.78, 5) is 35.4. The molecule has 0 aliphatic heterocycles. The molecule has 0 fully saturated rings. The maximum Gasteiger partial charge on any atom is 0.416 e. The molecule has 6 nitrogen and oxygen atoms in total. The number of hydrogen-bond acceptors (Lipinski definition) is 5. The van der Waals surface area contributed by atoms with Crippen molar-refractivity contribution in [3.63, 3.8) is 0 Å². The SMILES string of the molecule is CCOC(=O)N(C=O)C(CCC(=O)OC)c1ccccc1. The molecule has 0 aliphatic carbocycles. The smallest absolute Gasteiger partial charge is 0.416 e. The minimum absolute atomic E-state index is 0.0970. The third-order valence-corrected chi connectivity index (χ3v) is 2.96. The van der Waals surface area contributed by atoms with Crippen LogP contribution in [-0.2, 0) is 19.1 Å². The van der Waals surface area contributed by atoms with Gasteiger partial charge in [0.1, 0.15) is 0 Å². The van der Waals surface area contributed by atoms with Crippen LogP contribution in [0.25, 0.3) is 0 Å². The number of amides is 2. The zero-order chi connectivity index (χ0) is 15.7. The molecule has 0 aliphatic rings. The Labute approximate surface area is 123 Å². The Morgan fingerprint density at radius 2 is 1.95 bits per heavy atom. The monoisotopic (exact) mass is 293 g/mol. The fraction of sp³-hybridized carbons (Fsp3) is 0.400. The number of carbonyl (C=O) groups excluding carboxylic acids is 3. The normalized spacial score (nSPS) is 11.3. The number of esters is 1. The molecule has 0 spiro atoms. The Bertz CT molecular complexity index is 474. The molecule has 2 amide bonds. The maximum absolute atomic E-state index is 11.9. The third-order valence-electron chi connectivity index (χ3n) is 2.96. The predicted octanol–water partition coefficient (Wildman–Crippen LogP) is 2.30. The van der Waals surface area contributed by atoms with Gasteiger partial charge in [-0.05, 0) is 18.9 Å². The summed E-state index contributed by atoms with van der Waals surface area (Å²) in [7, 11) is 1.29. The number of benzene rings is 1. The molecule has 0 saturated carbocycles. The van der Waals surface area contributed by atoms with Gasteiger partial charge in [-0.25, -0.2) is 9.69 Å². The Balaban J connectivity index is 2.96. The van der Waals surface area contributed by atoms with Gasteiger partial charge in [0, 0.05) is 6.42 Å². The molecule has 0 heterocycles. The molecule has 6 heteroatoms. The summed E-state index contributed by atoms with van der Waals surface area (Å²) in [5.74, 6) is -0.398. The van der Waals surface area contributed by atoms with Gasteiger partial charge in [0.15, 0.2) is 0 Å². The van der Waals surface area contributed by atoms with Gasteiger partial charge in [-0.15, -0.1) is 0 Å². The second-order valence-electron chi connectivity index (χ2n) is 4.25. The van der Waals surface area contributed by atoms with Gasteiger partial charge in [0.05, 0.1) is 19.8 Å². The summed E-state index contributed by atoms with van der Waals surface area (Å²) < 4.78 is 9.47. The van der Waals surface area contributed by atoms with Gasteiger partial charge < -0.3 is 9.47 Å². The number of rotatable bonds is 7. The van der Waals surface area contributed by atoms with E-state index in [1.54, 1.807) is 31.2 Å². The number of hydrogen-bond donors (Lipinski definition) is 0. The molecule has 114 valence electrons. The van der Waals surface area contributed by atoms with Gasteiger partial charge in [0.2, 0.25) is 6.41 Å². The molecule has 1 aromatic carbocycles. The van der Waals surface area contributed by atoms with Crippen LogP contribution in [0.15, 0.2) is 30.3 Å². The van der Waals surface area contributed by atoms with E-state index in [1.165, 1.54) is 7.11 Å². The number of carbonyl (C=O) groups is 3. The van der Waals surface area contributed by atoms with E-state index in [9.17, 15) is 14.4 Å². The van der Waals surface area contributed by atoms with Crippen LogP contribution in [0.3, 0.4) is 0 Å². The maximum atomic E-state index is 11.9. The molecule has 0 aromatic heterocycles. The number of ether oxygens (including phenoxy) is 2. The van der Waals surface area contributed by atoms with Crippen LogP contribution in [0, 0.1) is 0 Å². The van der Waals surface area contributed by atoms with Crippen molar-refractivity contribution in [1.82, 2.24) is 4.90 Å². The van der Waals surface area contributed by atoms with Gasteiger partial charge >= 0.3 is 12.1 Å². The summed E-state index contributed by atoms with van der Waals surface area (Å²) in [5.41, 5.74) is 0.751. The van der Waals surface area contributed by atoms with Crippen molar-refractivity contribution >= 4 is 18.5 Å². The summed E-state index contributed by atoms with van der Waals surface area (Å²) in [6, 6.07) is 8.44. The lowest BCUT2D eigenvalue weighted by Crippen LogP contribution is -2.34. The molecule has 1 atom stereocenters. The van der Waals surface area contributed by atoms with Crippen molar-refractivity contribution in [2.75, 3.05) is 13.7 Å². The molecular weight excluding hydrogens is 274 g/mol. The Hall–Kier alpha value is -2.37. The minimum Gasteiger partial charge on any atom is -0.469 e. The fourth-order valence-corrected chi connectivity index (χ4v) is 1.94. The van der Waals surface area contributed by atoms with Gasteiger partial charge in [0.25, 0.3) is 0 Å². The topological polar surface area (TPSA) is 72.9 Å². The van der Waals surface area contributed by atoms with E-state index in [0.717, 1.165) is 10.5 Å². The van der Waals surface area contributed by atoms with Crippen LogP contribution < -0.4 is 0 Å². The highest BCUT2D eigenvalue weighted by molar-refractivity contribution is 5.81. The second-order valence-corrected chi connectivity index (χ2v) is 4.25. The van der Waals surface area contributed by atoms with Crippen LogP contribution in [0.5, 0.6) is 0 Å². The van der Waals surface area contributed by atoms with Gasteiger partial charge in [-0.2, -0.15) is 0 Å². The standard InChI is InChI=1S/C15H19NO5/c1-3-21-15(19)16(11-17)13(9-10-14(18)20-2)12-7-5-4-6-8-12/h4-8,11,13H,3,9-10H2,1-2H3. The first-order chi connectivity index (χ1) is 10.1. The number of methoxy groups -OCH3 is 1. The van der Waals surface area contributed by atoms with Crippen molar-refractivity contribution in [1.29, 1.82) is 0 Å². The predicted molar refractivity (Wildman–Crippen MR) is 75.4 cm³/mol. The lowest BCUT2D eigenvalue weighted by Gasteiger charge is -2.26. The molecule has 0 saturated heterocycles. The van der Waals surface area contributed by atoms with Crippen molar-refractivity contribution in [3.8, 4) is 0 Å². The number of nitrogens with zero attached hydrogens (tertiary/aromatic N) is 1. The van der Waals surface area contributed by atoms with Crippen LogP contribution in [0.1, 0.15) is 31.4 Å². The molecule has 0 bridgehead atoms. The largest absolute Gasteiger partial charge is 0.469 e. The average Bonchev–Trinajstić information content (AvgIpc) is 2.52. The second kappa shape index (κ2) is 8.73. The number of imide groups is 1.